The van der Waals surface area contributed by atoms with Crippen molar-refractivity contribution >= 4 is 17.3 Å². The third-order valence-corrected chi connectivity index (χ3v) is 5.37. The number of hydrogen-bond donors (Lipinski definition) is 2. The molecule has 7 heteroatoms. The molecule has 7 nitrogen and oxygen atoms in total. The number of aryl methyl sites for hydroxylation is 1. The SMILES string of the molecule is Cc1cc(C(=O)NCc2ccc(CN3CCCC(C)C3)cc2)c(N)c([N+](=O)[O-])c1. The van der Waals surface area contributed by atoms with Gasteiger partial charge in [-0.25, -0.2) is 0 Å². The molecule has 2 aromatic carbocycles. The van der Waals surface area contributed by atoms with Crippen LogP contribution < -0.4 is 11.1 Å². The van der Waals surface area contributed by atoms with E-state index in [1.807, 2.05) is 12.1 Å². The molecule has 0 bridgehead atoms. The number of nitrogen functional groups attached to an aromatic ring is 1. The molecule has 1 aliphatic heterocycles. The van der Waals surface area contributed by atoms with E-state index >= 15 is 0 Å². The fraction of sp³-hybridized carbons (Fsp3) is 0.409. The third-order valence-electron chi connectivity index (χ3n) is 5.37. The van der Waals surface area contributed by atoms with E-state index < -0.39 is 10.8 Å². The Bertz CT molecular complexity index is 896. The van der Waals surface area contributed by atoms with Gasteiger partial charge in [-0.3, -0.25) is 19.8 Å². The van der Waals surface area contributed by atoms with Gasteiger partial charge in [0.05, 0.1) is 10.5 Å². The van der Waals surface area contributed by atoms with Crippen LogP contribution in [-0.4, -0.2) is 28.8 Å². The first-order valence-electron chi connectivity index (χ1n) is 9.96. The van der Waals surface area contributed by atoms with Gasteiger partial charge in [-0.2, -0.15) is 0 Å². The van der Waals surface area contributed by atoms with Crippen LogP contribution in [0.5, 0.6) is 0 Å². The molecule has 1 atom stereocenters. The number of hydrogen-bond acceptors (Lipinski definition) is 5. The molecule has 2 aromatic rings. The van der Waals surface area contributed by atoms with E-state index in [1.165, 1.54) is 24.5 Å². The van der Waals surface area contributed by atoms with Crippen molar-refractivity contribution in [1.29, 1.82) is 0 Å². The van der Waals surface area contributed by atoms with Gasteiger partial charge in [-0.05, 0) is 55.0 Å². The molecule has 1 aliphatic rings. The molecule has 1 saturated heterocycles. The van der Waals surface area contributed by atoms with E-state index in [0.717, 1.165) is 31.1 Å². The minimum atomic E-state index is -0.569. The highest BCUT2D eigenvalue weighted by atomic mass is 16.6. The molecule has 1 unspecified atom stereocenters. The molecule has 0 saturated carbocycles. The molecule has 0 radical (unpaired) electrons. The van der Waals surface area contributed by atoms with Crippen molar-refractivity contribution in [3.05, 3.63) is 68.8 Å². The maximum atomic E-state index is 12.5. The first-order valence-corrected chi connectivity index (χ1v) is 9.96. The number of nitro groups is 1. The highest BCUT2D eigenvalue weighted by Gasteiger charge is 2.20. The number of nitrogens with one attached hydrogen (secondary N) is 1. The van der Waals surface area contributed by atoms with Crippen LogP contribution in [0.3, 0.4) is 0 Å². The summed E-state index contributed by atoms with van der Waals surface area (Å²) in [5, 5.41) is 13.9. The lowest BCUT2D eigenvalue weighted by Crippen LogP contribution is -2.33. The summed E-state index contributed by atoms with van der Waals surface area (Å²) in [5.74, 6) is 0.337. The molecule has 1 fully saturated rings. The van der Waals surface area contributed by atoms with Gasteiger partial charge >= 0.3 is 0 Å². The Labute approximate surface area is 171 Å². The Hall–Kier alpha value is -2.93. The molecule has 154 valence electrons. The lowest BCUT2D eigenvalue weighted by atomic mass is 9.99. The van der Waals surface area contributed by atoms with Crippen molar-refractivity contribution in [2.75, 3.05) is 18.8 Å². The number of likely N-dealkylation sites (tertiary alicyclic amines) is 1. The molecule has 0 aliphatic carbocycles. The van der Waals surface area contributed by atoms with Crippen LogP contribution in [0.4, 0.5) is 11.4 Å². The highest BCUT2D eigenvalue weighted by molar-refractivity contribution is 6.01. The lowest BCUT2D eigenvalue weighted by molar-refractivity contribution is -0.384. The Morgan fingerprint density at radius 2 is 1.97 bits per heavy atom. The van der Waals surface area contributed by atoms with Crippen molar-refractivity contribution < 1.29 is 9.72 Å². The van der Waals surface area contributed by atoms with E-state index in [2.05, 4.69) is 29.3 Å². The standard InChI is InChI=1S/C22H28N4O3/c1-15-4-3-9-25(13-15)14-18-7-5-17(6-8-18)12-24-22(27)19-10-16(2)11-20(21(19)23)26(28)29/h5-8,10-11,15H,3-4,9,12-14,23H2,1-2H3,(H,24,27). The second-order valence-electron chi connectivity index (χ2n) is 7.98. The number of piperidine rings is 1. The van der Waals surface area contributed by atoms with Crippen molar-refractivity contribution in [1.82, 2.24) is 10.2 Å². The molecule has 29 heavy (non-hydrogen) atoms. The monoisotopic (exact) mass is 396 g/mol. The van der Waals surface area contributed by atoms with Gasteiger partial charge < -0.3 is 11.1 Å². The zero-order valence-electron chi connectivity index (χ0n) is 17.0. The van der Waals surface area contributed by atoms with Gasteiger partial charge in [0, 0.05) is 25.7 Å². The van der Waals surface area contributed by atoms with Gasteiger partial charge in [0.2, 0.25) is 0 Å². The van der Waals surface area contributed by atoms with Crippen molar-refractivity contribution in [3.8, 4) is 0 Å². The van der Waals surface area contributed by atoms with E-state index in [4.69, 9.17) is 5.73 Å². The topological polar surface area (TPSA) is 102 Å². The molecule has 3 N–H and O–H groups in total. The van der Waals surface area contributed by atoms with Crippen LogP contribution in [-0.2, 0) is 13.1 Å². The summed E-state index contributed by atoms with van der Waals surface area (Å²) in [6.07, 6.45) is 2.56. The van der Waals surface area contributed by atoms with Crippen LogP contribution in [0.15, 0.2) is 36.4 Å². The van der Waals surface area contributed by atoms with Crippen LogP contribution in [0, 0.1) is 23.0 Å². The van der Waals surface area contributed by atoms with E-state index in [0.29, 0.717) is 12.1 Å². The number of nitro benzene ring substituents is 1. The van der Waals surface area contributed by atoms with Crippen LogP contribution in [0.1, 0.15) is 46.8 Å². The number of carbonyl (C=O) groups excluding carboxylic acids is 1. The molecule has 1 amide bonds. The Morgan fingerprint density at radius 3 is 2.62 bits per heavy atom. The maximum absolute atomic E-state index is 12.5. The molecular weight excluding hydrogens is 368 g/mol. The normalized spacial score (nSPS) is 17.1. The molecule has 1 heterocycles. The van der Waals surface area contributed by atoms with Gasteiger partial charge in [-0.15, -0.1) is 0 Å². The van der Waals surface area contributed by atoms with Crippen LogP contribution in [0.25, 0.3) is 0 Å². The van der Waals surface area contributed by atoms with Gasteiger partial charge in [0.15, 0.2) is 0 Å². The smallest absolute Gasteiger partial charge is 0.293 e. The quantitative estimate of drug-likeness (QED) is 0.441. The van der Waals surface area contributed by atoms with Crippen LogP contribution >= 0.6 is 0 Å². The average molecular weight is 396 g/mol. The zero-order chi connectivity index (χ0) is 21.0. The number of nitrogens with zero attached hydrogens (tertiary/aromatic N) is 2. The minimum absolute atomic E-state index is 0.107. The van der Waals surface area contributed by atoms with E-state index in [-0.39, 0.29) is 16.9 Å². The zero-order valence-corrected chi connectivity index (χ0v) is 17.0. The molecular formula is C22H28N4O3. The van der Waals surface area contributed by atoms with E-state index in [1.54, 1.807) is 13.0 Å². The lowest BCUT2D eigenvalue weighted by Gasteiger charge is -2.30. The minimum Gasteiger partial charge on any atom is -0.393 e. The number of amides is 1. The number of nitrogens with two attached hydrogens (primary N) is 1. The second-order valence-corrected chi connectivity index (χ2v) is 7.98. The summed E-state index contributed by atoms with van der Waals surface area (Å²) < 4.78 is 0. The Balaban J connectivity index is 1.60. The van der Waals surface area contributed by atoms with Crippen molar-refractivity contribution in [2.45, 2.75) is 39.8 Å². The predicted molar refractivity (Wildman–Crippen MR) is 114 cm³/mol. The first kappa shape index (κ1) is 20.8. The summed E-state index contributed by atoms with van der Waals surface area (Å²) in [6, 6.07) is 11.1. The van der Waals surface area contributed by atoms with Gasteiger partial charge in [-0.1, -0.05) is 31.2 Å². The van der Waals surface area contributed by atoms with Crippen molar-refractivity contribution in [3.63, 3.8) is 0 Å². The van der Waals surface area contributed by atoms with Gasteiger partial charge in [0.1, 0.15) is 5.69 Å². The van der Waals surface area contributed by atoms with E-state index in [9.17, 15) is 14.9 Å². The largest absolute Gasteiger partial charge is 0.393 e. The summed E-state index contributed by atoms with van der Waals surface area (Å²) in [4.78, 5) is 25.5. The number of benzene rings is 2. The van der Waals surface area contributed by atoms with Gasteiger partial charge in [0.25, 0.3) is 11.6 Å². The van der Waals surface area contributed by atoms with Crippen molar-refractivity contribution in [2.24, 2.45) is 5.92 Å². The number of rotatable bonds is 6. The fourth-order valence-corrected chi connectivity index (χ4v) is 3.85. The number of anilines is 1. The average Bonchev–Trinajstić information content (AvgIpc) is 2.68. The fourth-order valence-electron chi connectivity index (χ4n) is 3.85. The summed E-state index contributed by atoms with van der Waals surface area (Å²) in [7, 11) is 0. The third kappa shape index (κ3) is 5.32. The Kier molecular flexibility index (Phi) is 6.49. The summed E-state index contributed by atoms with van der Waals surface area (Å²) >= 11 is 0. The second kappa shape index (κ2) is 9.05. The molecule has 3 rings (SSSR count). The highest BCUT2D eigenvalue weighted by Crippen LogP contribution is 2.27. The van der Waals surface area contributed by atoms with Crippen LogP contribution in [0.2, 0.25) is 0 Å². The molecule has 0 spiro atoms. The first-order chi connectivity index (χ1) is 13.8. The number of carbonyl (C=O) groups is 1. The maximum Gasteiger partial charge on any atom is 0.293 e. The molecule has 0 aromatic heterocycles. The Morgan fingerprint density at radius 1 is 1.28 bits per heavy atom. The summed E-state index contributed by atoms with van der Waals surface area (Å²) in [5.41, 5.74) is 8.46. The summed E-state index contributed by atoms with van der Waals surface area (Å²) in [6.45, 7) is 7.56. The predicted octanol–water partition coefficient (Wildman–Crippen LogP) is 3.65.